The molecule has 1 aromatic rings. The highest BCUT2D eigenvalue weighted by molar-refractivity contribution is 5.94. The van der Waals surface area contributed by atoms with Gasteiger partial charge in [0.25, 0.3) is 0 Å². The van der Waals surface area contributed by atoms with Crippen molar-refractivity contribution in [2.24, 2.45) is 0 Å². The van der Waals surface area contributed by atoms with Crippen LogP contribution in [-0.4, -0.2) is 27.8 Å². The topological polar surface area (TPSA) is 75.1 Å². The molecule has 15 heavy (non-hydrogen) atoms. The average Bonchev–Trinajstić information content (AvgIpc) is 2.19. The van der Waals surface area contributed by atoms with Crippen molar-refractivity contribution in [2.45, 2.75) is 13.8 Å². The highest BCUT2D eigenvalue weighted by atomic mass is 16.4. The lowest BCUT2D eigenvalue weighted by atomic mass is 10.1. The molecule has 0 aliphatic rings. The fourth-order valence-electron chi connectivity index (χ4n) is 1.16. The quantitative estimate of drug-likeness (QED) is 0.730. The van der Waals surface area contributed by atoms with Crippen LogP contribution in [0.25, 0.3) is 0 Å². The van der Waals surface area contributed by atoms with Crippen LogP contribution in [0.2, 0.25) is 0 Å². The van der Waals surface area contributed by atoms with E-state index >= 15 is 0 Å². The van der Waals surface area contributed by atoms with Gasteiger partial charge < -0.3 is 10.4 Å². The van der Waals surface area contributed by atoms with Gasteiger partial charge in [0.2, 0.25) is 0 Å². The SMILES string of the molecule is C=CCNc1nnc(C)c(C)c1C(=O)O. The lowest BCUT2D eigenvalue weighted by Gasteiger charge is -2.09. The van der Waals surface area contributed by atoms with Gasteiger partial charge in [0, 0.05) is 6.54 Å². The fraction of sp³-hybridized carbons (Fsp3) is 0.300. The summed E-state index contributed by atoms with van der Waals surface area (Å²) in [5, 5.41) is 19.5. The van der Waals surface area contributed by atoms with E-state index in [0.29, 0.717) is 17.8 Å². The van der Waals surface area contributed by atoms with E-state index in [1.54, 1.807) is 19.9 Å². The predicted octanol–water partition coefficient (Wildman–Crippen LogP) is 1.39. The molecule has 1 heterocycles. The van der Waals surface area contributed by atoms with E-state index in [4.69, 9.17) is 5.11 Å². The Morgan fingerprint density at radius 3 is 2.73 bits per heavy atom. The molecule has 0 saturated heterocycles. The minimum Gasteiger partial charge on any atom is -0.478 e. The largest absolute Gasteiger partial charge is 0.478 e. The molecule has 80 valence electrons. The molecule has 0 aliphatic heterocycles. The summed E-state index contributed by atoms with van der Waals surface area (Å²) in [5.41, 5.74) is 1.42. The molecular formula is C10H13N3O2. The van der Waals surface area contributed by atoms with E-state index in [1.165, 1.54) is 0 Å². The number of hydrogen-bond donors (Lipinski definition) is 2. The van der Waals surface area contributed by atoms with E-state index in [1.807, 2.05) is 0 Å². The zero-order chi connectivity index (χ0) is 11.4. The van der Waals surface area contributed by atoms with Crippen LogP contribution in [-0.2, 0) is 0 Å². The van der Waals surface area contributed by atoms with Gasteiger partial charge in [-0.3, -0.25) is 0 Å². The number of nitrogens with zero attached hydrogens (tertiary/aromatic N) is 2. The van der Waals surface area contributed by atoms with Crippen molar-refractivity contribution in [3.8, 4) is 0 Å². The summed E-state index contributed by atoms with van der Waals surface area (Å²) in [6.45, 7) is 7.43. The molecule has 0 aromatic carbocycles. The second kappa shape index (κ2) is 4.54. The molecule has 5 heteroatoms. The van der Waals surface area contributed by atoms with Crippen LogP contribution >= 0.6 is 0 Å². The smallest absolute Gasteiger partial charge is 0.339 e. The summed E-state index contributed by atoms with van der Waals surface area (Å²) < 4.78 is 0. The Morgan fingerprint density at radius 1 is 1.53 bits per heavy atom. The van der Waals surface area contributed by atoms with Gasteiger partial charge in [-0.05, 0) is 19.4 Å². The van der Waals surface area contributed by atoms with E-state index < -0.39 is 5.97 Å². The van der Waals surface area contributed by atoms with Crippen LogP contribution in [0.1, 0.15) is 21.6 Å². The van der Waals surface area contributed by atoms with Crippen molar-refractivity contribution in [1.82, 2.24) is 10.2 Å². The molecule has 0 radical (unpaired) electrons. The normalized spacial score (nSPS) is 9.73. The summed E-state index contributed by atoms with van der Waals surface area (Å²) in [4.78, 5) is 11.0. The third-order valence-electron chi connectivity index (χ3n) is 2.08. The summed E-state index contributed by atoms with van der Waals surface area (Å²) in [7, 11) is 0. The molecule has 0 amide bonds. The average molecular weight is 207 g/mol. The Balaban J connectivity index is 3.20. The number of rotatable bonds is 4. The Labute approximate surface area is 87.8 Å². The van der Waals surface area contributed by atoms with Gasteiger partial charge in [-0.15, -0.1) is 11.7 Å². The fourth-order valence-corrected chi connectivity index (χ4v) is 1.16. The second-order valence-corrected chi connectivity index (χ2v) is 3.11. The van der Waals surface area contributed by atoms with Crippen LogP contribution in [0.15, 0.2) is 12.7 Å². The van der Waals surface area contributed by atoms with Crippen molar-refractivity contribution in [3.05, 3.63) is 29.5 Å². The number of anilines is 1. The molecule has 0 atom stereocenters. The third-order valence-corrected chi connectivity index (χ3v) is 2.08. The standard InChI is InChI=1S/C10H13N3O2/c1-4-5-11-9-8(10(14)15)6(2)7(3)12-13-9/h4H,1,5H2,2-3H3,(H,11,13)(H,14,15). The van der Waals surface area contributed by atoms with Crippen molar-refractivity contribution >= 4 is 11.8 Å². The first kappa shape index (κ1) is 11.2. The zero-order valence-corrected chi connectivity index (χ0v) is 8.74. The summed E-state index contributed by atoms with van der Waals surface area (Å²) in [6.07, 6.45) is 1.63. The van der Waals surface area contributed by atoms with Gasteiger partial charge in [0.05, 0.1) is 5.69 Å². The van der Waals surface area contributed by atoms with Crippen molar-refractivity contribution in [1.29, 1.82) is 0 Å². The first-order chi connectivity index (χ1) is 7.07. The minimum absolute atomic E-state index is 0.171. The highest BCUT2D eigenvalue weighted by Crippen LogP contribution is 2.17. The summed E-state index contributed by atoms with van der Waals surface area (Å²) in [6, 6.07) is 0. The number of hydrogen-bond acceptors (Lipinski definition) is 4. The molecule has 0 saturated carbocycles. The number of nitrogens with one attached hydrogen (secondary N) is 1. The minimum atomic E-state index is -1.00. The lowest BCUT2D eigenvalue weighted by molar-refractivity contribution is 0.0696. The number of aromatic nitrogens is 2. The summed E-state index contributed by atoms with van der Waals surface area (Å²) in [5.74, 6) is -0.720. The predicted molar refractivity (Wildman–Crippen MR) is 57.2 cm³/mol. The van der Waals surface area contributed by atoms with Gasteiger partial charge in [0.15, 0.2) is 5.82 Å². The number of aryl methyl sites for hydroxylation is 1. The Hall–Kier alpha value is -1.91. The van der Waals surface area contributed by atoms with Gasteiger partial charge in [-0.1, -0.05) is 6.08 Å². The third kappa shape index (κ3) is 2.31. The molecule has 0 spiro atoms. The van der Waals surface area contributed by atoms with E-state index in [2.05, 4.69) is 22.1 Å². The molecule has 0 aliphatic carbocycles. The van der Waals surface area contributed by atoms with Crippen LogP contribution in [0.5, 0.6) is 0 Å². The van der Waals surface area contributed by atoms with Crippen molar-refractivity contribution < 1.29 is 9.90 Å². The molecule has 0 unspecified atom stereocenters. The van der Waals surface area contributed by atoms with E-state index in [0.717, 1.165) is 0 Å². The highest BCUT2D eigenvalue weighted by Gasteiger charge is 2.16. The van der Waals surface area contributed by atoms with Gasteiger partial charge in [-0.25, -0.2) is 4.79 Å². The number of aromatic carboxylic acids is 1. The maximum absolute atomic E-state index is 11.0. The molecule has 1 rings (SSSR count). The molecule has 0 fully saturated rings. The van der Waals surface area contributed by atoms with Crippen LogP contribution < -0.4 is 5.32 Å². The number of carbonyl (C=O) groups is 1. The molecule has 0 bridgehead atoms. The molecule has 2 N–H and O–H groups in total. The maximum atomic E-state index is 11.0. The monoisotopic (exact) mass is 207 g/mol. The second-order valence-electron chi connectivity index (χ2n) is 3.11. The maximum Gasteiger partial charge on any atom is 0.339 e. The van der Waals surface area contributed by atoms with E-state index in [9.17, 15) is 4.79 Å². The zero-order valence-electron chi connectivity index (χ0n) is 8.74. The summed E-state index contributed by atoms with van der Waals surface area (Å²) >= 11 is 0. The Bertz CT molecular complexity index is 402. The molecular weight excluding hydrogens is 194 g/mol. The van der Waals surface area contributed by atoms with Gasteiger partial charge >= 0.3 is 5.97 Å². The van der Waals surface area contributed by atoms with Crippen LogP contribution in [0.3, 0.4) is 0 Å². The Morgan fingerprint density at radius 2 is 2.20 bits per heavy atom. The van der Waals surface area contributed by atoms with Crippen molar-refractivity contribution in [3.63, 3.8) is 0 Å². The van der Waals surface area contributed by atoms with Gasteiger partial charge in [0.1, 0.15) is 5.56 Å². The number of carboxylic acids is 1. The van der Waals surface area contributed by atoms with Gasteiger partial charge in [-0.2, -0.15) is 5.10 Å². The lowest BCUT2D eigenvalue weighted by Crippen LogP contribution is -2.12. The number of carboxylic acid groups (broad SMARTS) is 1. The van der Waals surface area contributed by atoms with E-state index in [-0.39, 0.29) is 11.4 Å². The van der Waals surface area contributed by atoms with Crippen molar-refractivity contribution in [2.75, 3.05) is 11.9 Å². The van der Waals surface area contributed by atoms with Crippen LogP contribution in [0.4, 0.5) is 5.82 Å². The van der Waals surface area contributed by atoms with Crippen LogP contribution in [0, 0.1) is 13.8 Å². The molecule has 5 nitrogen and oxygen atoms in total. The first-order valence-electron chi connectivity index (χ1n) is 4.49. The Kier molecular flexibility index (Phi) is 3.38. The first-order valence-corrected chi connectivity index (χ1v) is 4.49. The molecule has 1 aromatic heterocycles.